The predicted octanol–water partition coefficient (Wildman–Crippen LogP) is 3.66. The maximum Gasteiger partial charge on any atom is 0.410 e. The Hall–Kier alpha value is -2.57. The fourth-order valence-corrected chi connectivity index (χ4v) is 3.36. The zero-order chi connectivity index (χ0) is 22.3. The number of hydrogen-bond donors (Lipinski definition) is 1. The molecule has 1 heterocycles. The van der Waals surface area contributed by atoms with E-state index in [0.717, 1.165) is 5.56 Å². The summed E-state index contributed by atoms with van der Waals surface area (Å²) in [6, 6.07) is 7.99. The van der Waals surface area contributed by atoms with E-state index in [1.807, 2.05) is 44.2 Å². The third-order valence-corrected chi connectivity index (χ3v) is 4.72. The highest BCUT2D eigenvalue weighted by atomic mass is 16.6. The van der Waals surface area contributed by atoms with Crippen LogP contribution in [0.15, 0.2) is 30.3 Å². The SMILES string of the molecule is CC(C)C[C@H](NC(=O)[C@@H]1CCCN1C(=O)OC(C)(C)C)C(=O)OCc1ccccc1. The molecule has 1 aliphatic rings. The largest absolute Gasteiger partial charge is 0.459 e. The van der Waals surface area contributed by atoms with Gasteiger partial charge in [-0.2, -0.15) is 0 Å². The first-order chi connectivity index (χ1) is 14.1. The van der Waals surface area contributed by atoms with E-state index < -0.39 is 29.7 Å². The summed E-state index contributed by atoms with van der Waals surface area (Å²) < 4.78 is 10.9. The molecule has 0 radical (unpaired) electrons. The summed E-state index contributed by atoms with van der Waals surface area (Å²) in [5.74, 6) is -0.631. The molecular formula is C23H34N2O5. The van der Waals surface area contributed by atoms with Gasteiger partial charge in [-0.3, -0.25) is 9.69 Å². The monoisotopic (exact) mass is 418 g/mol. The summed E-state index contributed by atoms with van der Waals surface area (Å²) in [6.45, 7) is 9.93. The standard InChI is InChI=1S/C23H34N2O5/c1-16(2)14-18(21(27)29-15-17-10-7-6-8-11-17)24-20(26)19-12-9-13-25(19)22(28)30-23(3,4)5/h6-8,10-11,16,18-19H,9,12-15H2,1-5H3,(H,24,26)/t18-,19-/m0/s1. The second-order valence-corrected chi connectivity index (χ2v) is 9.12. The number of carbonyl (C=O) groups is 3. The quantitative estimate of drug-likeness (QED) is 0.683. The van der Waals surface area contributed by atoms with Crippen molar-refractivity contribution in [3.8, 4) is 0 Å². The summed E-state index contributed by atoms with van der Waals surface area (Å²) in [5, 5.41) is 2.81. The van der Waals surface area contributed by atoms with E-state index in [2.05, 4.69) is 5.32 Å². The van der Waals surface area contributed by atoms with Crippen molar-refractivity contribution in [1.29, 1.82) is 0 Å². The van der Waals surface area contributed by atoms with Crippen LogP contribution in [0.1, 0.15) is 59.4 Å². The number of esters is 1. The minimum Gasteiger partial charge on any atom is -0.459 e. The lowest BCUT2D eigenvalue weighted by atomic mass is 10.0. The summed E-state index contributed by atoms with van der Waals surface area (Å²) in [7, 11) is 0. The molecule has 30 heavy (non-hydrogen) atoms. The van der Waals surface area contributed by atoms with Crippen molar-refractivity contribution in [2.24, 2.45) is 5.92 Å². The van der Waals surface area contributed by atoms with E-state index >= 15 is 0 Å². The topological polar surface area (TPSA) is 84.9 Å². The normalized spacial score (nSPS) is 17.5. The molecule has 166 valence electrons. The zero-order valence-electron chi connectivity index (χ0n) is 18.6. The number of nitrogens with zero attached hydrogens (tertiary/aromatic N) is 1. The Labute approximate surface area is 179 Å². The maximum atomic E-state index is 12.9. The molecule has 1 aliphatic heterocycles. The van der Waals surface area contributed by atoms with Crippen LogP contribution in [-0.4, -0.2) is 47.1 Å². The van der Waals surface area contributed by atoms with Crippen LogP contribution < -0.4 is 5.32 Å². The van der Waals surface area contributed by atoms with Crippen molar-refractivity contribution in [1.82, 2.24) is 10.2 Å². The first-order valence-corrected chi connectivity index (χ1v) is 10.6. The van der Waals surface area contributed by atoms with Gasteiger partial charge in [0, 0.05) is 6.54 Å². The number of hydrogen-bond acceptors (Lipinski definition) is 5. The van der Waals surface area contributed by atoms with Gasteiger partial charge in [0.15, 0.2) is 0 Å². The lowest BCUT2D eigenvalue weighted by Crippen LogP contribution is -2.52. The van der Waals surface area contributed by atoms with Gasteiger partial charge in [-0.15, -0.1) is 0 Å². The van der Waals surface area contributed by atoms with Crippen LogP contribution in [0.3, 0.4) is 0 Å². The minimum atomic E-state index is -0.762. The van der Waals surface area contributed by atoms with Gasteiger partial charge in [0.1, 0.15) is 24.3 Å². The minimum absolute atomic E-state index is 0.150. The summed E-state index contributed by atoms with van der Waals surface area (Å²) in [4.78, 5) is 39.5. The van der Waals surface area contributed by atoms with Crippen molar-refractivity contribution >= 4 is 18.0 Å². The molecule has 0 spiro atoms. The van der Waals surface area contributed by atoms with E-state index in [1.54, 1.807) is 20.8 Å². The highest BCUT2D eigenvalue weighted by molar-refractivity contribution is 5.90. The molecule has 7 nitrogen and oxygen atoms in total. The van der Waals surface area contributed by atoms with Crippen LogP contribution >= 0.6 is 0 Å². The number of rotatable bonds is 7. The van der Waals surface area contributed by atoms with Gasteiger partial charge >= 0.3 is 12.1 Å². The number of benzene rings is 1. The Kier molecular flexibility index (Phi) is 8.26. The molecule has 1 fully saturated rings. The average Bonchev–Trinajstić information content (AvgIpc) is 3.15. The van der Waals surface area contributed by atoms with E-state index in [-0.39, 0.29) is 18.4 Å². The fraction of sp³-hybridized carbons (Fsp3) is 0.609. The van der Waals surface area contributed by atoms with Gasteiger partial charge in [0.25, 0.3) is 0 Å². The van der Waals surface area contributed by atoms with E-state index in [4.69, 9.17) is 9.47 Å². The van der Waals surface area contributed by atoms with Gasteiger partial charge < -0.3 is 14.8 Å². The van der Waals surface area contributed by atoms with Crippen molar-refractivity contribution < 1.29 is 23.9 Å². The lowest BCUT2D eigenvalue weighted by Gasteiger charge is -2.29. The Bertz CT molecular complexity index is 727. The van der Waals surface area contributed by atoms with Crippen molar-refractivity contribution in [2.75, 3.05) is 6.54 Å². The Morgan fingerprint density at radius 2 is 1.83 bits per heavy atom. The predicted molar refractivity (Wildman–Crippen MR) is 114 cm³/mol. The molecule has 1 N–H and O–H groups in total. The number of ether oxygens (including phenoxy) is 2. The number of amides is 2. The maximum absolute atomic E-state index is 12.9. The second-order valence-electron chi connectivity index (χ2n) is 9.12. The Balaban J connectivity index is 2.01. The molecule has 0 aromatic heterocycles. The second kappa shape index (κ2) is 10.5. The van der Waals surface area contributed by atoms with Crippen LogP contribution in [-0.2, 0) is 25.7 Å². The van der Waals surface area contributed by atoms with Crippen LogP contribution in [0.25, 0.3) is 0 Å². The van der Waals surface area contributed by atoms with Crippen molar-refractivity contribution in [3.05, 3.63) is 35.9 Å². The number of likely N-dealkylation sites (tertiary alicyclic amines) is 1. The molecule has 0 bridgehead atoms. The van der Waals surface area contributed by atoms with Gasteiger partial charge in [0.05, 0.1) is 0 Å². The fourth-order valence-electron chi connectivity index (χ4n) is 3.36. The smallest absolute Gasteiger partial charge is 0.410 e. The Morgan fingerprint density at radius 3 is 2.43 bits per heavy atom. The van der Waals surface area contributed by atoms with Crippen LogP contribution in [0, 0.1) is 5.92 Å². The van der Waals surface area contributed by atoms with Crippen LogP contribution in [0.4, 0.5) is 4.79 Å². The van der Waals surface area contributed by atoms with E-state index in [0.29, 0.717) is 25.8 Å². The van der Waals surface area contributed by atoms with E-state index in [1.165, 1.54) is 4.90 Å². The third-order valence-electron chi connectivity index (χ3n) is 4.72. The molecule has 2 atom stereocenters. The third kappa shape index (κ3) is 7.35. The van der Waals surface area contributed by atoms with Crippen LogP contribution in [0.2, 0.25) is 0 Å². The average molecular weight is 419 g/mol. The number of nitrogens with one attached hydrogen (secondary N) is 1. The summed E-state index contributed by atoms with van der Waals surface area (Å²) in [5.41, 5.74) is 0.245. The van der Waals surface area contributed by atoms with Gasteiger partial charge in [0.2, 0.25) is 5.91 Å². The van der Waals surface area contributed by atoms with Crippen LogP contribution in [0.5, 0.6) is 0 Å². The molecule has 1 saturated heterocycles. The highest BCUT2D eigenvalue weighted by Crippen LogP contribution is 2.21. The molecule has 1 aromatic carbocycles. The van der Waals surface area contributed by atoms with Gasteiger partial charge in [-0.25, -0.2) is 9.59 Å². The number of carbonyl (C=O) groups excluding carboxylic acids is 3. The molecule has 0 saturated carbocycles. The molecular weight excluding hydrogens is 384 g/mol. The Morgan fingerprint density at radius 1 is 1.17 bits per heavy atom. The van der Waals surface area contributed by atoms with Gasteiger partial charge in [-0.1, -0.05) is 44.2 Å². The first kappa shape index (κ1) is 23.7. The van der Waals surface area contributed by atoms with Crippen molar-refractivity contribution in [2.45, 2.75) is 78.2 Å². The summed E-state index contributed by atoms with van der Waals surface area (Å²) in [6.07, 6.45) is 1.20. The highest BCUT2D eigenvalue weighted by Gasteiger charge is 2.38. The summed E-state index contributed by atoms with van der Waals surface area (Å²) >= 11 is 0. The molecule has 1 aromatic rings. The first-order valence-electron chi connectivity index (χ1n) is 10.6. The molecule has 2 rings (SSSR count). The lowest BCUT2D eigenvalue weighted by molar-refractivity contribution is -0.150. The van der Waals surface area contributed by atoms with Crippen molar-refractivity contribution in [3.63, 3.8) is 0 Å². The zero-order valence-corrected chi connectivity index (χ0v) is 18.6. The van der Waals surface area contributed by atoms with E-state index in [9.17, 15) is 14.4 Å². The molecule has 2 amide bonds. The molecule has 0 aliphatic carbocycles. The van der Waals surface area contributed by atoms with Gasteiger partial charge in [-0.05, 0) is 51.5 Å². The molecule has 7 heteroatoms. The molecule has 0 unspecified atom stereocenters.